The summed E-state index contributed by atoms with van der Waals surface area (Å²) in [6.07, 6.45) is 3.17. The first-order valence-electron chi connectivity index (χ1n) is 4.83. The number of halogens is 1. The Hall–Kier alpha value is -0.860. The zero-order valence-corrected chi connectivity index (χ0v) is 10.9. The topological polar surface area (TPSA) is 76.1 Å². The van der Waals surface area contributed by atoms with Gasteiger partial charge in [-0.15, -0.1) is 0 Å². The molecule has 0 radical (unpaired) electrons. The van der Waals surface area contributed by atoms with Gasteiger partial charge in [0.1, 0.15) is 0 Å². The Bertz CT molecular complexity index is 505. The van der Waals surface area contributed by atoms with Crippen molar-refractivity contribution >= 4 is 20.8 Å². The molecule has 0 aliphatic heterocycles. The van der Waals surface area contributed by atoms with E-state index in [2.05, 4.69) is 9.71 Å². The van der Waals surface area contributed by atoms with E-state index in [1.54, 1.807) is 0 Å². The second kappa shape index (κ2) is 6.18. The van der Waals surface area contributed by atoms with Crippen LogP contribution in [-0.2, 0) is 20.8 Å². The fraction of sp³-hybridized carbons (Fsp3) is 0.444. The van der Waals surface area contributed by atoms with E-state index >= 15 is 0 Å². The second-order valence-corrected chi connectivity index (χ2v) is 6.56. The highest BCUT2D eigenvalue weighted by molar-refractivity contribution is 7.89. The molecule has 0 aliphatic carbocycles. The lowest BCUT2D eigenvalue weighted by Gasteiger charge is -2.05. The van der Waals surface area contributed by atoms with Crippen LogP contribution in [0.15, 0.2) is 23.4 Å². The van der Waals surface area contributed by atoms with Crippen LogP contribution < -0.4 is 4.72 Å². The monoisotopic (exact) mass is 280 g/mol. The summed E-state index contributed by atoms with van der Waals surface area (Å²) in [5.74, 6) is -0.494. The zero-order chi connectivity index (χ0) is 12.9. The van der Waals surface area contributed by atoms with Gasteiger partial charge in [0.25, 0.3) is 10.0 Å². The molecule has 8 heteroatoms. The summed E-state index contributed by atoms with van der Waals surface area (Å²) in [6.45, 7) is 0.109. The summed E-state index contributed by atoms with van der Waals surface area (Å²) < 4.78 is 49.4. The predicted octanol–water partition coefficient (Wildman–Crippen LogP) is 0.268. The molecule has 0 spiro atoms. The highest BCUT2D eigenvalue weighted by Crippen LogP contribution is 2.09. The average molecular weight is 280 g/mol. The van der Waals surface area contributed by atoms with Gasteiger partial charge in [0.15, 0.2) is 5.82 Å². The Balaban J connectivity index is 2.64. The Labute approximate surface area is 102 Å². The van der Waals surface area contributed by atoms with Crippen LogP contribution >= 0.6 is 0 Å². The van der Waals surface area contributed by atoms with Crippen molar-refractivity contribution in [1.29, 1.82) is 0 Å². The van der Waals surface area contributed by atoms with Gasteiger partial charge in [0.2, 0.25) is 5.03 Å². The van der Waals surface area contributed by atoms with E-state index in [1.807, 2.05) is 0 Å². The van der Waals surface area contributed by atoms with Gasteiger partial charge in [-0.1, -0.05) is 0 Å². The third-order valence-electron chi connectivity index (χ3n) is 1.88. The third kappa shape index (κ3) is 4.49. The van der Waals surface area contributed by atoms with E-state index in [4.69, 9.17) is 0 Å². The van der Waals surface area contributed by atoms with Crippen LogP contribution in [0.2, 0.25) is 0 Å². The summed E-state index contributed by atoms with van der Waals surface area (Å²) in [7, 11) is -4.89. The Morgan fingerprint density at radius 2 is 2.24 bits per heavy atom. The van der Waals surface area contributed by atoms with Gasteiger partial charge >= 0.3 is 0 Å². The molecular formula is C9H13FN2O3S2. The van der Waals surface area contributed by atoms with Crippen molar-refractivity contribution in [1.82, 2.24) is 9.71 Å². The number of nitrogens with zero attached hydrogens (tertiary/aromatic N) is 1. The molecule has 1 heterocycles. The average Bonchev–Trinajstić information content (AvgIpc) is 2.24. The van der Waals surface area contributed by atoms with E-state index < -0.39 is 31.7 Å². The minimum absolute atomic E-state index is 0.109. The van der Waals surface area contributed by atoms with Gasteiger partial charge in [-0.25, -0.2) is 22.5 Å². The van der Waals surface area contributed by atoms with E-state index in [0.29, 0.717) is 12.2 Å². The molecule has 1 rings (SSSR count). The lowest BCUT2D eigenvalue weighted by Crippen LogP contribution is -2.27. The Morgan fingerprint density at radius 3 is 2.82 bits per heavy atom. The van der Waals surface area contributed by atoms with Crippen LogP contribution in [0.5, 0.6) is 0 Å². The van der Waals surface area contributed by atoms with E-state index in [9.17, 15) is 17.0 Å². The fourth-order valence-corrected chi connectivity index (χ4v) is 2.74. The highest BCUT2D eigenvalue weighted by atomic mass is 32.2. The van der Waals surface area contributed by atoms with Gasteiger partial charge in [0.05, 0.1) is 0 Å². The highest BCUT2D eigenvalue weighted by Gasteiger charge is 2.19. The molecule has 5 nitrogen and oxygen atoms in total. The van der Waals surface area contributed by atoms with Crippen molar-refractivity contribution in [3.63, 3.8) is 0 Å². The number of pyridine rings is 1. The molecule has 1 N–H and O–H groups in total. The molecule has 0 saturated heterocycles. The molecule has 0 aromatic carbocycles. The molecule has 0 fully saturated rings. The SMILES string of the molecule is CS(=O)CCCNS(=O)(=O)c1ncccc1F. The minimum atomic E-state index is -3.92. The Morgan fingerprint density at radius 1 is 1.53 bits per heavy atom. The van der Waals surface area contributed by atoms with Crippen molar-refractivity contribution in [3.05, 3.63) is 24.1 Å². The first kappa shape index (κ1) is 14.2. The number of hydrogen-bond acceptors (Lipinski definition) is 4. The zero-order valence-electron chi connectivity index (χ0n) is 9.22. The maximum absolute atomic E-state index is 13.2. The first-order valence-corrected chi connectivity index (χ1v) is 8.05. The van der Waals surface area contributed by atoms with Crippen LogP contribution in [0.25, 0.3) is 0 Å². The summed E-state index contributed by atoms with van der Waals surface area (Å²) >= 11 is 0. The number of rotatable bonds is 6. The predicted molar refractivity (Wildman–Crippen MR) is 62.9 cm³/mol. The summed E-state index contributed by atoms with van der Waals surface area (Å²) in [5, 5.41) is -0.613. The number of aromatic nitrogens is 1. The van der Waals surface area contributed by atoms with Gasteiger partial charge in [-0.3, -0.25) is 4.21 Å². The lowest BCUT2D eigenvalue weighted by atomic mass is 10.5. The summed E-state index contributed by atoms with van der Waals surface area (Å²) in [5.41, 5.74) is 0. The van der Waals surface area contributed by atoms with Gasteiger partial charge in [-0.05, 0) is 18.6 Å². The van der Waals surface area contributed by atoms with Crippen LogP contribution in [0.4, 0.5) is 4.39 Å². The molecule has 0 bridgehead atoms. The molecule has 1 unspecified atom stereocenters. The minimum Gasteiger partial charge on any atom is -0.260 e. The van der Waals surface area contributed by atoms with Gasteiger partial charge < -0.3 is 0 Å². The van der Waals surface area contributed by atoms with E-state index in [1.165, 1.54) is 18.5 Å². The van der Waals surface area contributed by atoms with Gasteiger partial charge in [-0.2, -0.15) is 0 Å². The maximum atomic E-state index is 13.2. The molecule has 0 aliphatic rings. The van der Waals surface area contributed by atoms with Crippen molar-refractivity contribution < 1.29 is 17.0 Å². The lowest BCUT2D eigenvalue weighted by molar-refractivity contribution is 0.544. The third-order valence-corrected chi connectivity index (χ3v) is 4.14. The first-order chi connectivity index (χ1) is 7.93. The standard InChI is InChI=1S/C9H13FN2O3S2/c1-16(13)7-3-6-12-17(14,15)9-8(10)4-2-5-11-9/h2,4-5,12H,3,6-7H2,1H3. The molecule has 96 valence electrons. The van der Waals surface area contributed by atoms with Crippen LogP contribution in [0, 0.1) is 5.82 Å². The number of sulfonamides is 1. The molecule has 17 heavy (non-hydrogen) atoms. The Kier molecular flexibility index (Phi) is 5.16. The molecule has 1 atom stereocenters. The maximum Gasteiger partial charge on any atom is 0.261 e. The number of nitrogens with one attached hydrogen (secondary N) is 1. The fourth-order valence-electron chi connectivity index (χ4n) is 1.12. The molecule has 0 saturated carbocycles. The van der Waals surface area contributed by atoms with E-state index in [0.717, 1.165) is 6.07 Å². The quantitative estimate of drug-likeness (QED) is 0.759. The van der Waals surface area contributed by atoms with E-state index in [-0.39, 0.29) is 6.54 Å². The molecular weight excluding hydrogens is 267 g/mol. The smallest absolute Gasteiger partial charge is 0.260 e. The second-order valence-electron chi connectivity index (χ2n) is 3.32. The number of hydrogen-bond donors (Lipinski definition) is 1. The van der Waals surface area contributed by atoms with Crippen molar-refractivity contribution in [3.8, 4) is 0 Å². The van der Waals surface area contributed by atoms with Crippen molar-refractivity contribution in [2.45, 2.75) is 11.4 Å². The molecule has 1 aromatic rings. The summed E-state index contributed by atoms with van der Waals surface area (Å²) in [6, 6.07) is 2.34. The van der Waals surface area contributed by atoms with Crippen molar-refractivity contribution in [2.24, 2.45) is 0 Å². The molecule has 0 amide bonds. The van der Waals surface area contributed by atoms with Gasteiger partial charge in [0, 0.05) is 35.5 Å². The van der Waals surface area contributed by atoms with Crippen molar-refractivity contribution in [2.75, 3.05) is 18.6 Å². The van der Waals surface area contributed by atoms with Crippen LogP contribution in [0.3, 0.4) is 0 Å². The summed E-state index contributed by atoms with van der Waals surface area (Å²) in [4.78, 5) is 3.48. The van der Waals surface area contributed by atoms with Crippen LogP contribution in [-0.4, -0.2) is 36.2 Å². The van der Waals surface area contributed by atoms with Crippen LogP contribution in [0.1, 0.15) is 6.42 Å². The normalized spacial score (nSPS) is 13.5. The largest absolute Gasteiger partial charge is 0.261 e. The molecule has 1 aromatic heterocycles.